The maximum absolute atomic E-state index is 12.7. The van der Waals surface area contributed by atoms with Gasteiger partial charge in [-0.2, -0.15) is 0 Å². The Labute approximate surface area is 147 Å². The maximum atomic E-state index is 12.7. The number of carbonyl (C=O) groups is 1. The van der Waals surface area contributed by atoms with Gasteiger partial charge in [0.25, 0.3) is 0 Å². The molecule has 25 heavy (non-hydrogen) atoms. The van der Waals surface area contributed by atoms with Crippen molar-refractivity contribution in [1.82, 2.24) is 19.8 Å². The average molecular weight is 344 g/mol. The number of aromatic nitrogens is 2. The zero-order chi connectivity index (χ0) is 17.1. The predicted molar refractivity (Wildman–Crippen MR) is 90.6 cm³/mol. The zero-order valence-electron chi connectivity index (χ0n) is 14.3. The van der Waals surface area contributed by atoms with Crippen molar-refractivity contribution in [1.29, 1.82) is 0 Å². The highest BCUT2D eigenvalue weighted by atomic mass is 16.5. The molecule has 1 saturated heterocycles. The van der Waals surface area contributed by atoms with Gasteiger partial charge in [-0.1, -0.05) is 0 Å². The second-order valence-corrected chi connectivity index (χ2v) is 6.86. The van der Waals surface area contributed by atoms with E-state index >= 15 is 0 Å². The van der Waals surface area contributed by atoms with Crippen molar-refractivity contribution in [2.24, 2.45) is 5.92 Å². The molecule has 1 atom stereocenters. The van der Waals surface area contributed by atoms with Crippen LogP contribution in [0.2, 0.25) is 0 Å². The third-order valence-electron chi connectivity index (χ3n) is 5.08. The topological polar surface area (TPSA) is 72.5 Å². The highest BCUT2D eigenvalue weighted by Crippen LogP contribution is 2.24. The fourth-order valence-electron chi connectivity index (χ4n) is 3.71. The van der Waals surface area contributed by atoms with E-state index in [2.05, 4.69) is 15.2 Å². The number of ether oxygens (including phenoxy) is 1. The number of rotatable bonds is 5. The summed E-state index contributed by atoms with van der Waals surface area (Å²) in [5, 5.41) is 2.98. The molecule has 0 aliphatic carbocycles. The highest BCUT2D eigenvalue weighted by Gasteiger charge is 2.31. The third-order valence-corrected chi connectivity index (χ3v) is 5.08. The minimum Gasteiger partial charge on any atom is -0.467 e. The van der Waals surface area contributed by atoms with Gasteiger partial charge in [0, 0.05) is 39.0 Å². The number of hydrogen-bond acceptors (Lipinski definition) is 5. The number of imidazole rings is 1. The van der Waals surface area contributed by atoms with Crippen molar-refractivity contribution < 1.29 is 13.9 Å². The van der Waals surface area contributed by atoms with Crippen LogP contribution in [-0.2, 0) is 22.6 Å². The molecule has 4 heterocycles. The number of furan rings is 1. The lowest BCUT2D eigenvalue weighted by Crippen LogP contribution is -2.46. The van der Waals surface area contributed by atoms with Gasteiger partial charge in [-0.15, -0.1) is 0 Å². The number of fused-ring (bicyclic) bond motifs is 1. The summed E-state index contributed by atoms with van der Waals surface area (Å²) in [7, 11) is 0. The molecule has 2 aliphatic rings. The van der Waals surface area contributed by atoms with Crippen LogP contribution in [0.25, 0.3) is 0 Å². The van der Waals surface area contributed by atoms with Gasteiger partial charge in [0.15, 0.2) is 0 Å². The van der Waals surface area contributed by atoms with E-state index in [0.29, 0.717) is 19.0 Å². The first-order valence-corrected chi connectivity index (χ1v) is 8.90. The highest BCUT2D eigenvalue weighted by molar-refractivity contribution is 5.80. The lowest BCUT2D eigenvalue weighted by molar-refractivity contribution is -0.126. The Morgan fingerprint density at radius 3 is 3.04 bits per heavy atom. The smallest absolute Gasteiger partial charge is 0.244 e. The maximum Gasteiger partial charge on any atom is 0.244 e. The molecule has 1 amide bonds. The van der Waals surface area contributed by atoms with Gasteiger partial charge in [0.2, 0.25) is 5.91 Å². The van der Waals surface area contributed by atoms with Crippen LogP contribution in [0.1, 0.15) is 30.3 Å². The monoisotopic (exact) mass is 344 g/mol. The molecule has 2 aliphatic heterocycles. The van der Waals surface area contributed by atoms with E-state index in [1.165, 1.54) is 0 Å². The molecule has 4 rings (SSSR count). The van der Waals surface area contributed by atoms with Gasteiger partial charge < -0.3 is 19.0 Å². The Morgan fingerprint density at radius 2 is 2.24 bits per heavy atom. The molecule has 7 nitrogen and oxygen atoms in total. The Bertz CT molecular complexity index is 691. The largest absolute Gasteiger partial charge is 0.467 e. The molecule has 2 aromatic rings. The number of hydrogen-bond donors (Lipinski definition) is 1. The lowest BCUT2D eigenvalue weighted by atomic mass is 9.98. The van der Waals surface area contributed by atoms with Gasteiger partial charge in [0.1, 0.15) is 11.8 Å². The van der Waals surface area contributed by atoms with Crippen molar-refractivity contribution in [3.05, 3.63) is 42.4 Å². The quantitative estimate of drug-likeness (QED) is 0.891. The van der Waals surface area contributed by atoms with E-state index in [1.807, 2.05) is 22.9 Å². The summed E-state index contributed by atoms with van der Waals surface area (Å²) in [6, 6.07) is 3.44. The summed E-state index contributed by atoms with van der Waals surface area (Å²) >= 11 is 0. The van der Waals surface area contributed by atoms with Crippen LogP contribution in [0.3, 0.4) is 0 Å². The first kappa shape index (κ1) is 16.4. The molecule has 0 saturated carbocycles. The third kappa shape index (κ3) is 3.77. The van der Waals surface area contributed by atoms with Crippen LogP contribution in [-0.4, -0.2) is 46.7 Å². The van der Waals surface area contributed by atoms with E-state index in [4.69, 9.17) is 9.15 Å². The van der Waals surface area contributed by atoms with Crippen LogP contribution in [0.5, 0.6) is 0 Å². The van der Waals surface area contributed by atoms with Gasteiger partial charge in [0.05, 0.1) is 24.8 Å². The number of nitrogens with one attached hydrogen (secondary N) is 1. The first-order valence-electron chi connectivity index (χ1n) is 8.90. The average Bonchev–Trinajstić information content (AvgIpc) is 3.31. The van der Waals surface area contributed by atoms with Gasteiger partial charge in [-0.05, 0) is 30.9 Å². The second-order valence-electron chi connectivity index (χ2n) is 6.86. The van der Waals surface area contributed by atoms with E-state index in [-0.39, 0.29) is 11.9 Å². The van der Waals surface area contributed by atoms with E-state index in [0.717, 1.165) is 50.6 Å². The number of nitrogens with zero attached hydrogens (tertiary/aromatic N) is 3. The fraction of sp³-hybridized carbons (Fsp3) is 0.556. The standard InChI is InChI=1S/C18H24N4O3/c23-18(20-9-16-2-1-5-25-16)17-12-21(10-14-3-6-24-7-4-14)11-15-8-19-13-22(15)17/h1-2,5,8,13-14,17H,3-4,6-7,9-12H2,(H,20,23)/t17-/m0/s1. The van der Waals surface area contributed by atoms with Crippen LogP contribution in [0.4, 0.5) is 0 Å². The molecule has 1 N–H and O–H groups in total. The lowest BCUT2D eigenvalue weighted by Gasteiger charge is -2.36. The molecular formula is C18H24N4O3. The van der Waals surface area contributed by atoms with Crippen molar-refractivity contribution >= 4 is 5.91 Å². The summed E-state index contributed by atoms with van der Waals surface area (Å²) in [4.78, 5) is 19.4. The molecule has 2 aromatic heterocycles. The van der Waals surface area contributed by atoms with Crippen molar-refractivity contribution in [3.63, 3.8) is 0 Å². The van der Waals surface area contributed by atoms with Crippen LogP contribution in [0.15, 0.2) is 35.3 Å². The summed E-state index contributed by atoms with van der Waals surface area (Å²) in [5.74, 6) is 1.41. The molecule has 0 unspecified atom stereocenters. The number of amides is 1. The summed E-state index contributed by atoms with van der Waals surface area (Å²) in [6.07, 6.45) is 7.45. The van der Waals surface area contributed by atoms with E-state index < -0.39 is 0 Å². The zero-order valence-corrected chi connectivity index (χ0v) is 14.3. The van der Waals surface area contributed by atoms with E-state index in [9.17, 15) is 4.79 Å². The van der Waals surface area contributed by atoms with Crippen molar-refractivity contribution in [3.8, 4) is 0 Å². The molecule has 134 valence electrons. The summed E-state index contributed by atoms with van der Waals surface area (Å²) in [5.41, 5.74) is 1.09. The normalized spacial score (nSPS) is 21.8. The SMILES string of the molecule is O=C(NCc1ccco1)[C@@H]1CN(CC2CCOCC2)Cc2cncn21. The Kier molecular flexibility index (Phi) is 4.85. The molecule has 0 aromatic carbocycles. The van der Waals surface area contributed by atoms with Gasteiger partial charge in [-0.3, -0.25) is 9.69 Å². The summed E-state index contributed by atoms with van der Waals surface area (Å²) < 4.78 is 12.7. The molecule has 0 bridgehead atoms. The molecule has 1 fully saturated rings. The van der Waals surface area contributed by atoms with Crippen LogP contribution in [0, 0.1) is 5.92 Å². The molecular weight excluding hydrogens is 320 g/mol. The Morgan fingerprint density at radius 1 is 1.36 bits per heavy atom. The van der Waals surface area contributed by atoms with Crippen molar-refractivity contribution in [2.75, 3.05) is 26.3 Å². The predicted octanol–water partition coefficient (Wildman–Crippen LogP) is 1.58. The van der Waals surface area contributed by atoms with Gasteiger partial charge in [-0.25, -0.2) is 4.98 Å². The number of carbonyl (C=O) groups excluding carboxylic acids is 1. The molecule has 0 spiro atoms. The Hall–Kier alpha value is -2.12. The summed E-state index contributed by atoms with van der Waals surface area (Å²) in [6.45, 7) is 4.68. The first-order chi connectivity index (χ1) is 12.3. The minimum atomic E-state index is -0.249. The van der Waals surface area contributed by atoms with Crippen LogP contribution >= 0.6 is 0 Å². The minimum absolute atomic E-state index is 0.00678. The van der Waals surface area contributed by atoms with Crippen molar-refractivity contribution in [2.45, 2.75) is 32.0 Å². The fourth-order valence-corrected chi connectivity index (χ4v) is 3.71. The second kappa shape index (κ2) is 7.41. The molecule has 0 radical (unpaired) electrons. The van der Waals surface area contributed by atoms with Crippen LogP contribution < -0.4 is 5.32 Å². The molecule has 7 heteroatoms. The van der Waals surface area contributed by atoms with Gasteiger partial charge >= 0.3 is 0 Å². The Balaban J connectivity index is 1.42. The van der Waals surface area contributed by atoms with E-state index in [1.54, 1.807) is 12.6 Å².